The Hall–Kier alpha value is -0.470. The van der Waals surface area contributed by atoms with E-state index in [1.54, 1.807) is 0 Å². The molecule has 0 unspecified atom stereocenters. The lowest BCUT2D eigenvalue weighted by Crippen LogP contribution is -2.35. The Bertz CT molecular complexity index is 355. The fourth-order valence-corrected chi connectivity index (χ4v) is 3.92. The molecule has 1 heterocycles. The molecule has 112 valence electrons. The van der Waals surface area contributed by atoms with Gasteiger partial charge in [0.15, 0.2) is 0 Å². The van der Waals surface area contributed by atoms with Crippen molar-refractivity contribution in [2.45, 2.75) is 44.4 Å². The Labute approximate surface area is 129 Å². The Kier molecular flexibility index (Phi) is 6.95. The topological polar surface area (TPSA) is 3.24 Å². The van der Waals surface area contributed by atoms with Gasteiger partial charge in [0.1, 0.15) is 0 Å². The number of nitrogens with zero attached hydrogens (tertiary/aromatic N) is 1. The van der Waals surface area contributed by atoms with E-state index < -0.39 is 0 Å². The van der Waals surface area contributed by atoms with E-state index in [1.165, 1.54) is 56.0 Å². The predicted molar refractivity (Wildman–Crippen MR) is 90.4 cm³/mol. The van der Waals surface area contributed by atoms with Gasteiger partial charge in [-0.2, -0.15) is 0 Å². The van der Waals surface area contributed by atoms with E-state index in [9.17, 15) is 0 Å². The van der Waals surface area contributed by atoms with Crippen molar-refractivity contribution in [3.63, 3.8) is 0 Å². The number of hydrogen-bond acceptors (Lipinski definition) is 2. The SMILES string of the molecule is CC(C)C1CCN(CCCCSc2ccccc2)CC1. The van der Waals surface area contributed by atoms with Gasteiger partial charge in [-0.1, -0.05) is 32.0 Å². The molecule has 0 N–H and O–H groups in total. The maximum absolute atomic E-state index is 2.67. The van der Waals surface area contributed by atoms with Crippen molar-refractivity contribution in [1.82, 2.24) is 4.90 Å². The van der Waals surface area contributed by atoms with Crippen LogP contribution in [0.5, 0.6) is 0 Å². The summed E-state index contributed by atoms with van der Waals surface area (Å²) in [6, 6.07) is 10.8. The molecule has 1 aromatic rings. The maximum Gasteiger partial charge on any atom is 0.00719 e. The molecule has 0 spiro atoms. The van der Waals surface area contributed by atoms with Crippen molar-refractivity contribution in [2.24, 2.45) is 11.8 Å². The van der Waals surface area contributed by atoms with Gasteiger partial charge in [-0.3, -0.25) is 0 Å². The number of thioether (sulfide) groups is 1. The van der Waals surface area contributed by atoms with E-state index in [1.807, 2.05) is 11.8 Å². The quantitative estimate of drug-likeness (QED) is 0.518. The standard InChI is InChI=1S/C18H29NS/c1-16(2)17-10-13-19(14-11-17)12-6-7-15-20-18-8-4-3-5-9-18/h3-5,8-9,16-17H,6-7,10-15H2,1-2H3. The van der Waals surface area contributed by atoms with Crippen LogP contribution in [0.25, 0.3) is 0 Å². The van der Waals surface area contributed by atoms with E-state index in [0.717, 1.165) is 11.8 Å². The van der Waals surface area contributed by atoms with Crippen LogP contribution in [-0.4, -0.2) is 30.3 Å². The highest BCUT2D eigenvalue weighted by atomic mass is 32.2. The highest BCUT2D eigenvalue weighted by Crippen LogP contribution is 2.24. The number of rotatable bonds is 7. The van der Waals surface area contributed by atoms with Gasteiger partial charge in [-0.15, -0.1) is 11.8 Å². The fourth-order valence-electron chi connectivity index (χ4n) is 2.99. The second-order valence-electron chi connectivity index (χ2n) is 6.29. The normalized spacial score (nSPS) is 17.8. The van der Waals surface area contributed by atoms with Gasteiger partial charge in [0.2, 0.25) is 0 Å². The van der Waals surface area contributed by atoms with Crippen LogP contribution in [0.2, 0.25) is 0 Å². The average molecular weight is 292 g/mol. The molecule has 0 bridgehead atoms. The Morgan fingerprint density at radius 1 is 1.10 bits per heavy atom. The van der Waals surface area contributed by atoms with E-state index in [4.69, 9.17) is 0 Å². The van der Waals surface area contributed by atoms with Crippen LogP contribution in [0.1, 0.15) is 39.5 Å². The van der Waals surface area contributed by atoms with Crippen molar-refractivity contribution >= 4 is 11.8 Å². The Morgan fingerprint density at radius 2 is 1.80 bits per heavy atom. The molecule has 1 fully saturated rings. The molecule has 0 radical (unpaired) electrons. The molecule has 0 aliphatic carbocycles. The van der Waals surface area contributed by atoms with Crippen molar-refractivity contribution in [2.75, 3.05) is 25.4 Å². The van der Waals surface area contributed by atoms with E-state index in [-0.39, 0.29) is 0 Å². The van der Waals surface area contributed by atoms with Gasteiger partial charge < -0.3 is 4.90 Å². The van der Waals surface area contributed by atoms with Crippen LogP contribution in [0.3, 0.4) is 0 Å². The second kappa shape index (κ2) is 8.74. The Morgan fingerprint density at radius 3 is 2.45 bits per heavy atom. The molecule has 0 saturated carbocycles. The highest BCUT2D eigenvalue weighted by molar-refractivity contribution is 7.99. The van der Waals surface area contributed by atoms with Crippen LogP contribution in [0.15, 0.2) is 35.2 Å². The van der Waals surface area contributed by atoms with Crippen LogP contribution in [-0.2, 0) is 0 Å². The van der Waals surface area contributed by atoms with Crippen LogP contribution < -0.4 is 0 Å². The molecule has 0 amide bonds. The van der Waals surface area contributed by atoms with Crippen LogP contribution in [0.4, 0.5) is 0 Å². The predicted octanol–water partition coefficient (Wildman–Crippen LogP) is 4.93. The van der Waals surface area contributed by atoms with E-state index >= 15 is 0 Å². The van der Waals surface area contributed by atoms with Crippen molar-refractivity contribution < 1.29 is 0 Å². The summed E-state index contributed by atoms with van der Waals surface area (Å²) in [7, 11) is 0. The smallest absolute Gasteiger partial charge is 0.00719 e. The van der Waals surface area contributed by atoms with E-state index in [0.29, 0.717) is 0 Å². The zero-order chi connectivity index (χ0) is 14.2. The summed E-state index contributed by atoms with van der Waals surface area (Å²) < 4.78 is 0. The summed E-state index contributed by atoms with van der Waals surface area (Å²) in [5.74, 6) is 3.10. The van der Waals surface area contributed by atoms with Crippen LogP contribution in [0, 0.1) is 11.8 Å². The first-order valence-electron chi connectivity index (χ1n) is 8.16. The molecule has 1 nitrogen and oxygen atoms in total. The molecule has 1 aromatic carbocycles. The van der Waals surface area contributed by atoms with Gasteiger partial charge in [-0.25, -0.2) is 0 Å². The molecular weight excluding hydrogens is 262 g/mol. The molecule has 0 atom stereocenters. The Balaban J connectivity index is 1.52. The number of benzene rings is 1. The fraction of sp³-hybridized carbons (Fsp3) is 0.667. The van der Waals surface area contributed by atoms with Gasteiger partial charge in [-0.05, 0) is 75.0 Å². The zero-order valence-electron chi connectivity index (χ0n) is 13.1. The van der Waals surface area contributed by atoms with Gasteiger partial charge >= 0.3 is 0 Å². The summed E-state index contributed by atoms with van der Waals surface area (Å²) >= 11 is 1.99. The molecule has 0 aromatic heterocycles. The van der Waals surface area contributed by atoms with Crippen molar-refractivity contribution in [1.29, 1.82) is 0 Å². The zero-order valence-corrected chi connectivity index (χ0v) is 13.9. The minimum atomic E-state index is 0.874. The lowest BCUT2D eigenvalue weighted by Gasteiger charge is -2.33. The van der Waals surface area contributed by atoms with Crippen molar-refractivity contribution in [3.8, 4) is 0 Å². The molecule has 20 heavy (non-hydrogen) atoms. The third-order valence-corrected chi connectivity index (χ3v) is 5.55. The average Bonchev–Trinajstić information content (AvgIpc) is 2.48. The summed E-state index contributed by atoms with van der Waals surface area (Å²) in [6.45, 7) is 8.71. The first-order valence-corrected chi connectivity index (χ1v) is 9.14. The van der Waals surface area contributed by atoms with Gasteiger partial charge in [0.25, 0.3) is 0 Å². The number of likely N-dealkylation sites (tertiary alicyclic amines) is 1. The third kappa shape index (κ3) is 5.49. The summed E-state index contributed by atoms with van der Waals surface area (Å²) in [5, 5.41) is 0. The van der Waals surface area contributed by atoms with Gasteiger partial charge in [0.05, 0.1) is 0 Å². The minimum absolute atomic E-state index is 0.874. The maximum atomic E-state index is 2.67. The van der Waals surface area contributed by atoms with Gasteiger partial charge in [0, 0.05) is 4.90 Å². The summed E-state index contributed by atoms with van der Waals surface area (Å²) in [6.07, 6.45) is 5.52. The first kappa shape index (κ1) is 15.9. The minimum Gasteiger partial charge on any atom is -0.303 e. The lowest BCUT2D eigenvalue weighted by atomic mass is 9.87. The molecule has 2 heteroatoms. The van der Waals surface area contributed by atoms with Crippen LogP contribution >= 0.6 is 11.8 Å². The van der Waals surface area contributed by atoms with Crippen molar-refractivity contribution in [3.05, 3.63) is 30.3 Å². The molecule has 1 aliphatic heterocycles. The monoisotopic (exact) mass is 291 g/mol. The molecular formula is C18H29NS. The summed E-state index contributed by atoms with van der Waals surface area (Å²) in [4.78, 5) is 4.08. The first-order chi connectivity index (χ1) is 9.75. The summed E-state index contributed by atoms with van der Waals surface area (Å²) in [5.41, 5.74) is 0. The molecule has 1 saturated heterocycles. The number of piperidine rings is 1. The molecule has 2 rings (SSSR count). The number of hydrogen-bond donors (Lipinski definition) is 0. The van der Waals surface area contributed by atoms with E-state index in [2.05, 4.69) is 49.1 Å². The highest BCUT2D eigenvalue weighted by Gasteiger charge is 2.20. The molecule has 1 aliphatic rings. The number of unbranched alkanes of at least 4 members (excludes halogenated alkanes) is 1. The second-order valence-corrected chi connectivity index (χ2v) is 7.46. The third-order valence-electron chi connectivity index (χ3n) is 4.46. The lowest BCUT2D eigenvalue weighted by molar-refractivity contribution is 0.156. The largest absolute Gasteiger partial charge is 0.303 e.